The highest BCUT2D eigenvalue weighted by Gasteiger charge is 2.21. The van der Waals surface area contributed by atoms with Crippen molar-refractivity contribution in [3.05, 3.63) is 12.7 Å². The molecule has 6 nitrogen and oxygen atoms in total. The first kappa shape index (κ1) is 12.2. The van der Waals surface area contributed by atoms with Crippen molar-refractivity contribution >= 4 is 17.8 Å². The molecule has 0 saturated carbocycles. The van der Waals surface area contributed by atoms with Crippen LogP contribution in [0.15, 0.2) is 12.7 Å². The fraction of sp³-hybridized carbons (Fsp3) is 0.375. The average molecular weight is 200 g/mol. The van der Waals surface area contributed by atoms with Crippen LogP contribution in [0.1, 0.15) is 12.8 Å². The number of carbonyl (C=O) groups excluding carboxylic acids is 2. The van der Waals surface area contributed by atoms with Crippen molar-refractivity contribution in [1.29, 1.82) is 0 Å². The van der Waals surface area contributed by atoms with Gasteiger partial charge in [0.1, 0.15) is 6.04 Å². The van der Waals surface area contributed by atoms with Gasteiger partial charge in [-0.05, 0) is 0 Å². The maximum Gasteiger partial charge on any atom is 0.326 e. The number of nitrogens with two attached hydrogens (primary N) is 1. The number of carboxylic acids is 1. The minimum absolute atomic E-state index is 0.00252. The zero-order chi connectivity index (χ0) is 11.1. The van der Waals surface area contributed by atoms with Crippen LogP contribution >= 0.6 is 0 Å². The molecule has 14 heavy (non-hydrogen) atoms. The van der Waals surface area contributed by atoms with Gasteiger partial charge in [-0.2, -0.15) is 0 Å². The Morgan fingerprint density at radius 1 is 1.50 bits per heavy atom. The standard InChI is InChI=1S/C8H12N2O4/c1-2-3-7(12)10-5(8(13)14)4-6(9)11/h2,5H,1,3-4H2,(H2,9,11)(H,10,12)(H,13,14)/t5-/m0/s1. The first-order valence-corrected chi connectivity index (χ1v) is 3.88. The van der Waals surface area contributed by atoms with Gasteiger partial charge in [0.25, 0.3) is 0 Å². The predicted octanol–water partition coefficient (Wildman–Crippen LogP) is -0.993. The second-order valence-corrected chi connectivity index (χ2v) is 2.62. The largest absolute Gasteiger partial charge is 0.480 e. The maximum atomic E-state index is 10.9. The quantitative estimate of drug-likeness (QED) is 0.478. The van der Waals surface area contributed by atoms with Crippen LogP contribution in [0.2, 0.25) is 0 Å². The number of amides is 2. The van der Waals surface area contributed by atoms with E-state index in [2.05, 4.69) is 11.9 Å². The fourth-order valence-corrected chi connectivity index (χ4v) is 0.786. The lowest BCUT2D eigenvalue weighted by Crippen LogP contribution is -2.43. The summed E-state index contributed by atoms with van der Waals surface area (Å²) in [7, 11) is 0. The summed E-state index contributed by atoms with van der Waals surface area (Å²) in [4.78, 5) is 31.9. The van der Waals surface area contributed by atoms with E-state index < -0.39 is 30.2 Å². The topological polar surface area (TPSA) is 109 Å². The first-order valence-electron chi connectivity index (χ1n) is 3.88. The molecule has 0 spiro atoms. The third-order valence-corrected chi connectivity index (χ3v) is 1.37. The number of aliphatic carboxylic acids is 1. The highest BCUT2D eigenvalue weighted by atomic mass is 16.4. The minimum Gasteiger partial charge on any atom is -0.480 e. The van der Waals surface area contributed by atoms with Crippen molar-refractivity contribution < 1.29 is 19.5 Å². The normalized spacial score (nSPS) is 11.4. The highest BCUT2D eigenvalue weighted by molar-refractivity contribution is 5.88. The van der Waals surface area contributed by atoms with E-state index in [1.54, 1.807) is 0 Å². The van der Waals surface area contributed by atoms with Crippen molar-refractivity contribution in [3.63, 3.8) is 0 Å². The van der Waals surface area contributed by atoms with E-state index >= 15 is 0 Å². The first-order chi connectivity index (χ1) is 6.47. The predicted molar refractivity (Wildman–Crippen MR) is 48.2 cm³/mol. The lowest BCUT2D eigenvalue weighted by molar-refractivity contribution is -0.143. The maximum absolute atomic E-state index is 10.9. The lowest BCUT2D eigenvalue weighted by Gasteiger charge is -2.11. The Morgan fingerprint density at radius 2 is 2.07 bits per heavy atom. The Labute approximate surface area is 80.8 Å². The Hall–Kier alpha value is -1.85. The monoisotopic (exact) mass is 200 g/mol. The summed E-state index contributed by atoms with van der Waals surface area (Å²) in [5.41, 5.74) is 4.81. The lowest BCUT2D eigenvalue weighted by atomic mass is 10.2. The number of rotatable bonds is 6. The summed E-state index contributed by atoms with van der Waals surface area (Å²) >= 11 is 0. The molecule has 4 N–H and O–H groups in total. The van der Waals surface area contributed by atoms with Gasteiger partial charge in [-0.1, -0.05) is 6.08 Å². The van der Waals surface area contributed by atoms with Crippen LogP contribution in [0.4, 0.5) is 0 Å². The van der Waals surface area contributed by atoms with Crippen LogP contribution in [-0.4, -0.2) is 28.9 Å². The molecule has 0 saturated heterocycles. The molecule has 0 unspecified atom stereocenters. The van der Waals surface area contributed by atoms with E-state index in [-0.39, 0.29) is 6.42 Å². The summed E-state index contributed by atoms with van der Waals surface area (Å²) in [6.07, 6.45) is 0.916. The van der Waals surface area contributed by atoms with Crippen molar-refractivity contribution in [2.24, 2.45) is 5.73 Å². The second-order valence-electron chi connectivity index (χ2n) is 2.62. The molecule has 0 radical (unpaired) electrons. The summed E-state index contributed by atoms with van der Waals surface area (Å²) in [6.45, 7) is 3.31. The molecule has 0 aliphatic rings. The van der Waals surface area contributed by atoms with Gasteiger partial charge in [-0.15, -0.1) is 6.58 Å². The van der Waals surface area contributed by atoms with Crippen molar-refractivity contribution in [3.8, 4) is 0 Å². The van der Waals surface area contributed by atoms with Crippen LogP contribution in [0.25, 0.3) is 0 Å². The van der Waals surface area contributed by atoms with Gasteiger partial charge in [-0.3, -0.25) is 9.59 Å². The Bertz CT molecular complexity index is 262. The molecule has 0 aromatic carbocycles. The molecule has 1 atom stereocenters. The number of primary amides is 1. The fourth-order valence-electron chi connectivity index (χ4n) is 0.786. The Kier molecular flexibility index (Phi) is 4.98. The third-order valence-electron chi connectivity index (χ3n) is 1.37. The van der Waals surface area contributed by atoms with E-state index in [0.717, 1.165) is 0 Å². The number of hydrogen-bond acceptors (Lipinski definition) is 3. The van der Waals surface area contributed by atoms with Crippen LogP contribution in [0.3, 0.4) is 0 Å². The number of carbonyl (C=O) groups is 3. The molecule has 0 bridgehead atoms. The van der Waals surface area contributed by atoms with Gasteiger partial charge in [-0.25, -0.2) is 4.79 Å². The number of carboxylic acid groups (broad SMARTS) is 1. The van der Waals surface area contributed by atoms with Crippen LogP contribution in [0, 0.1) is 0 Å². The average Bonchev–Trinajstić information content (AvgIpc) is 2.02. The summed E-state index contributed by atoms with van der Waals surface area (Å²) in [5.74, 6) is -2.58. The number of hydrogen-bond donors (Lipinski definition) is 3. The summed E-state index contributed by atoms with van der Waals surface area (Å²) in [6, 6.07) is -1.26. The second kappa shape index (κ2) is 5.74. The Morgan fingerprint density at radius 3 is 2.43 bits per heavy atom. The van der Waals surface area contributed by atoms with Crippen LogP contribution < -0.4 is 11.1 Å². The van der Waals surface area contributed by atoms with E-state index in [0.29, 0.717) is 0 Å². The highest BCUT2D eigenvalue weighted by Crippen LogP contribution is 1.93. The van der Waals surface area contributed by atoms with Crippen molar-refractivity contribution in [2.75, 3.05) is 0 Å². The molecule has 0 rings (SSSR count). The van der Waals surface area contributed by atoms with E-state index in [9.17, 15) is 14.4 Å². The molecule has 6 heteroatoms. The van der Waals surface area contributed by atoms with Gasteiger partial charge in [0, 0.05) is 6.42 Å². The summed E-state index contributed by atoms with van der Waals surface area (Å²) in [5, 5.41) is 10.7. The van der Waals surface area contributed by atoms with E-state index in [4.69, 9.17) is 10.8 Å². The molecule has 78 valence electrons. The van der Waals surface area contributed by atoms with Gasteiger partial charge in [0.2, 0.25) is 11.8 Å². The molecule has 0 aliphatic carbocycles. The molecule has 0 aromatic rings. The minimum atomic E-state index is -1.29. The zero-order valence-electron chi connectivity index (χ0n) is 7.53. The third kappa shape index (κ3) is 4.91. The molecular formula is C8H12N2O4. The van der Waals surface area contributed by atoms with Crippen molar-refractivity contribution in [2.45, 2.75) is 18.9 Å². The van der Waals surface area contributed by atoms with Crippen LogP contribution in [0.5, 0.6) is 0 Å². The van der Waals surface area contributed by atoms with E-state index in [1.165, 1.54) is 6.08 Å². The van der Waals surface area contributed by atoms with E-state index in [1.807, 2.05) is 0 Å². The summed E-state index contributed by atoms with van der Waals surface area (Å²) < 4.78 is 0. The van der Waals surface area contributed by atoms with Gasteiger partial charge < -0.3 is 16.2 Å². The van der Waals surface area contributed by atoms with Gasteiger partial charge in [0.05, 0.1) is 6.42 Å². The molecule has 0 fully saturated rings. The smallest absolute Gasteiger partial charge is 0.326 e. The molecular weight excluding hydrogens is 188 g/mol. The molecule has 0 aromatic heterocycles. The molecule has 0 aliphatic heterocycles. The molecule has 2 amide bonds. The van der Waals surface area contributed by atoms with Crippen LogP contribution in [-0.2, 0) is 14.4 Å². The Balaban J connectivity index is 4.22. The van der Waals surface area contributed by atoms with Gasteiger partial charge >= 0.3 is 5.97 Å². The SMILES string of the molecule is C=CCC(=O)N[C@@H](CC(N)=O)C(=O)O. The zero-order valence-corrected chi connectivity index (χ0v) is 7.53. The van der Waals surface area contributed by atoms with Crippen molar-refractivity contribution in [1.82, 2.24) is 5.32 Å². The van der Waals surface area contributed by atoms with Gasteiger partial charge in [0.15, 0.2) is 0 Å². The molecule has 0 heterocycles. The number of nitrogens with one attached hydrogen (secondary N) is 1.